The zero-order valence-corrected chi connectivity index (χ0v) is 13.6. The van der Waals surface area contributed by atoms with Gasteiger partial charge in [-0.15, -0.1) is 11.3 Å². The number of aromatic carboxylic acids is 1. The highest BCUT2D eigenvalue weighted by Gasteiger charge is 2.29. The first-order chi connectivity index (χ1) is 10.1. The van der Waals surface area contributed by atoms with Crippen LogP contribution in [-0.2, 0) is 6.54 Å². The topological polar surface area (TPSA) is 49.3 Å². The predicted octanol–water partition coefficient (Wildman–Crippen LogP) is 3.97. The van der Waals surface area contributed by atoms with Gasteiger partial charge in [0.2, 0.25) is 0 Å². The number of carboxylic acid groups (broad SMARTS) is 1. The van der Waals surface area contributed by atoms with Gasteiger partial charge in [-0.25, -0.2) is 4.79 Å². The van der Waals surface area contributed by atoms with Crippen molar-refractivity contribution in [3.63, 3.8) is 0 Å². The Hall–Kier alpha value is -1.04. The molecule has 0 saturated carbocycles. The fraction of sp³-hybridized carbons (Fsp3) is 0.438. The van der Waals surface area contributed by atoms with E-state index in [2.05, 4.69) is 12.2 Å². The van der Waals surface area contributed by atoms with Crippen LogP contribution >= 0.6 is 23.1 Å². The summed E-state index contributed by atoms with van der Waals surface area (Å²) in [5.74, 6) is 0.411. The van der Waals surface area contributed by atoms with Gasteiger partial charge in [-0.05, 0) is 42.5 Å². The van der Waals surface area contributed by atoms with Crippen LogP contribution in [0.25, 0.3) is 10.1 Å². The molecule has 0 bridgehead atoms. The molecular weight excluding hydrogens is 302 g/mol. The minimum Gasteiger partial charge on any atom is -0.477 e. The number of nitrogens with one attached hydrogen (secondary N) is 1. The first kappa shape index (κ1) is 14.9. The molecule has 1 aromatic heterocycles. The first-order valence-corrected chi connectivity index (χ1v) is 8.98. The number of thioether (sulfide) groups is 1. The standard InChI is InChI=1S/C16H19NO2S2/c1-16(7-4-8-20-16)10-17-9-12-11-5-2-3-6-13(11)21-14(12)15(18)19/h2-3,5-6,17H,4,7-10H2,1H3,(H,18,19). The molecule has 3 rings (SSSR count). The lowest BCUT2D eigenvalue weighted by atomic mass is 10.1. The Morgan fingerprint density at radius 3 is 2.95 bits per heavy atom. The maximum absolute atomic E-state index is 11.5. The second kappa shape index (κ2) is 5.99. The van der Waals surface area contributed by atoms with Crippen molar-refractivity contribution < 1.29 is 9.90 Å². The van der Waals surface area contributed by atoms with Gasteiger partial charge in [0.05, 0.1) is 0 Å². The fourth-order valence-corrected chi connectivity index (χ4v) is 5.21. The van der Waals surface area contributed by atoms with Crippen LogP contribution in [0.3, 0.4) is 0 Å². The van der Waals surface area contributed by atoms with Gasteiger partial charge in [0, 0.05) is 22.5 Å². The van der Waals surface area contributed by atoms with Crippen LogP contribution in [-0.4, -0.2) is 28.1 Å². The molecule has 1 atom stereocenters. The van der Waals surface area contributed by atoms with Gasteiger partial charge in [-0.3, -0.25) is 0 Å². The fourth-order valence-electron chi connectivity index (χ4n) is 2.88. The smallest absolute Gasteiger partial charge is 0.346 e. The van der Waals surface area contributed by atoms with E-state index in [1.165, 1.54) is 29.9 Å². The van der Waals surface area contributed by atoms with E-state index in [0.717, 1.165) is 22.2 Å². The average molecular weight is 321 g/mol. The number of benzene rings is 1. The van der Waals surface area contributed by atoms with Crippen LogP contribution in [0.4, 0.5) is 0 Å². The molecule has 5 heteroatoms. The summed E-state index contributed by atoms with van der Waals surface area (Å²) < 4.78 is 1.35. The molecule has 0 amide bonds. The largest absolute Gasteiger partial charge is 0.477 e. The molecule has 0 radical (unpaired) electrons. The Morgan fingerprint density at radius 2 is 2.24 bits per heavy atom. The lowest BCUT2D eigenvalue weighted by molar-refractivity contribution is 0.0701. The Kier molecular flexibility index (Phi) is 4.24. The highest BCUT2D eigenvalue weighted by Crippen LogP contribution is 2.37. The molecule has 1 aromatic carbocycles. The van der Waals surface area contributed by atoms with Crippen LogP contribution in [0.15, 0.2) is 24.3 Å². The summed E-state index contributed by atoms with van der Waals surface area (Å²) in [6, 6.07) is 7.93. The van der Waals surface area contributed by atoms with Crippen molar-refractivity contribution in [3.8, 4) is 0 Å². The highest BCUT2D eigenvalue weighted by molar-refractivity contribution is 8.00. The number of hydrogen-bond donors (Lipinski definition) is 2. The summed E-state index contributed by atoms with van der Waals surface area (Å²) in [5.41, 5.74) is 0.926. The highest BCUT2D eigenvalue weighted by atomic mass is 32.2. The molecule has 1 aliphatic rings. The summed E-state index contributed by atoms with van der Waals surface area (Å²) in [7, 11) is 0. The van der Waals surface area contributed by atoms with Crippen molar-refractivity contribution in [2.24, 2.45) is 0 Å². The molecule has 1 fully saturated rings. The van der Waals surface area contributed by atoms with E-state index < -0.39 is 5.97 Å². The molecule has 112 valence electrons. The van der Waals surface area contributed by atoms with Crippen molar-refractivity contribution in [3.05, 3.63) is 34.7 Å². The third-order valence-electron chi connectivity index (χ3n) is 3.99. The maximum Gasteiger partial charge on any atom is 0.346 e. The molecule has 1 unspecified atom stereocenters. The van der Waals surface area contributed by atoms with Gasteiger partial charge in [0.25, 0.3) is 0 Å². The number of carbonyl (C=O) groups is 1. The molecule has 0 spiro atoms. The van der Waals surface area contributed by atoms with Crippen molar-refractivity contribution >= 4 is 39.2 Å². The van der Waals surface area contributed by atoms with E-state index in [1.54, 1.807) is 0 Å². The van der Waals surface area contributed by atoms with Crippen LogP contribution in [0.1, 0.15) is 35.0 Å². The second-order valence-corrected chi connectivity index (χ2v) is 8.45. The zero-order chi connectivity index (χ0) is 14.9. The number of fused-ring (bicyclic) bond motifs is 1. The SMILES string of the molecule is CC1(CNCc2c(C(=O)O)sc3ccccc23)CCCS1. The first-order valence-electron chi connectivity index (χ1n) is 7.17. The summed E-state index contributed by atoms with van der Waals surface area (Å²) in [6.45, 7) is 3.85. The summed E-state index contributed by atoms with van der Waals surface area (Å²) >= 11 is 3.39. The minimum absolute atomic E-state index is 0.301. The Labute approximate surface area is 132 Å². The summed E-state index contributed by atoms with van der Waals surface area (Å²) in [6.07, 6.45) is 2.52. The monoisotopic (exact) mass is 321 g/mol. The number of thiophene rings is 1. The number of carboxylic acids is 1. The van der Waals surface area contributed by atoms with Gasteiger partial charge >= 0.3 is 5.97 Å². The molecule has 21 heavy (non-hydrogen) atoms. The number of hydrogen-bond acceptors (Lipinski definition) is 4. The second-order valence-electron chi connectivity index (χ2n) is 5.72. The van der Waals surface area contributed by atoms with Crippen LogP contribution < -0.4 is 5.32 Å². The van der Waals surface area contributed by atoms with Gasteiger partial charge in [0.1, 0.15) is 4.88 Å². The maximum atomic E-state index is 11.5. The molecule has 2 heterocycles. The van der Waals surface area contributed by atoms with Gasteiger partial charge in [-0.1, -0.05) is 18.2 Å². The molecule has 3 nitrogen and oxygen atoms in total. The van der Waals surface area contributed by atoms with Crippen LogP contribution in [0.2, 0.25) is 0 Å². The molecule has 0 aliphatic carbocycles. The van der Waals surface area contributed by atoms with Gasteiger partial charge < -0.3 is 10.4 Å². The molecular formula is C16H19NO2S2. The van der Waals surface area contributed by atoms with E-state index in [-0.39, 0.29) is 0 Å². The van der Waals surface area contributed by atoms with Crippen molar-refractivity contribution in [2.45, 2.75) is 31.1 Å². The van der Waals surface area contributed by atoms with E-state index >= 15 is 0 Å². The van der Waals surface area contributed by atoms with E-state index in [4.69, 9.17) is 0 Å². The van der Waals surface area contributed by atoms with Crippen LogP contribution in [0, 0.1) is 0 Å². The van der Waals surface area contributed by atoms with E-state index in [1.807, 2.05) is 36.0 Å². The quantitative estimate of drug-likeness (QED) is 0.875. The molecule has 1 saturated heterocycles. The average Bonchev–Trinajstić information content (AvgIpc) is 3.04. The predicted molar refractivity (Wildman–Crippen MR) is 90.6 cm³/mol. The normalized spacial score (nSPS) is 22.0. The zero-order valence-electron chi connectivity index (χ0n) is 12.0. The Morgan fingerprint density at radius 1 is 1.43 bits per heavy atom. The lowest BCUT2D eigenvalue weighted by Crippen LogP contribution is -2.32. The lowest BCUT2D eigenvalue weighted by Gasteiger charge is -2.23. The molecule has 1 aliphatic heterocycles. The number of rotatable bonds is 5. The van der Waals surface area contributed by atoms with E-state index in [9.17, 15) is 9.90 Å². The third-order valence-corrected chi connectivity index (χ3v) is 6.73. The van der Waals surface area contributed by atoms with Crippen LogP contribution in [0.5, 0.6) is 0 Å². The molecule has 2 aromatic rings. The van der Waals surface area contributed by atoms with Gasteiger partial charge in [-0.2, -0.15) is 11.8 Å². The minimum atomic E-state index is -0.825. The van der Waals surface area contributed by atoms with Crippen molar-refractivity contribution in [1.82, 2.24) is 5.32 Å². The van der Waals surface area contributed by atoms with E-state index in [0.29, 0.717) is 16.2 Å². The van der Waals surface area contributed by atoms with Crippen molar-refractivity contribution in [1.29, 1.82) is 0 Å². The summed E-state index contributed by atoms with van der Waals surface area (Å²) in [5, 5.41) is 14.0. The molecule has 2 N–H and O–H groups in total. The van der Waals surface area contributed by atoms with Crippen molar-refractivity contribution in [2.75, 3.05) is 12.3 Å². The third kappa shape index (κ3) is 3.10. The Bertz CT molecular complexity index is 659. The summed E-state index contributed by atoms with van der Waals surface area (Å²) in [4.78, 5) is 11.9. The Balaban J connectivity index is 1.79. The van der Waals surface area contributed by atoms with Gasteiger partial charge in [0.15, 0.2) is 0 Å².